The Kier molecular flexibility index (Phi) is 4.34. The number of aryl methyl sites for hydroxylation is 1. The van der Waals surface area contributed by atoms with Gasteiger partial charge in [0.2, 0.25) is 10.0 Å². The highest BCUT2D eigenvalue weighted by atomic mass is 32.2. The molecule has 0 unspecified atom stereocenters. The Hall–Kier alpha value is -1.47. The fourth-order valence-corrected chi connectivity index (χ4v) is 2.82. The standard InChI is InChI=1S/C14H19FN2O3S/c1-3-17(8-10-4-5-10)14(18)12-7-11(21(16,19)20)6-9(2)13(12)15/h6-7,10H,3-5,8H2,1-2H3,(H2,16,19,20). The van der Waals surface area contributed by atoms with Crippen molar-refractivity contribution in [2.24, 2.45) is 11.1 Å². The smallest absolute Gasteiger partial charge is 0.256 e. The van der Waals surface area contributed by atoms with Crippen molar-refractivity contribution in [3.8, 4) is 0 Å². The second kappa shape index (κ2) is 5.73. The van der Waals surface area contributed by atoms with Crippen LogP contribution in [0.15, 0.2) is 17.0 Å². The maximum Gasteiger partial charge on any atom is 0.256 e. The molecular formula is C14H19FN2O3S. The van der Waals surface area contributed by atoms with Crippen molar-refractivity contribution in [1.29, 1.82) is 0 Å². The molecule has 21 heavy (non-hydrogen) atoms. The summed E-state index contributed by atoms with van der Waals surface area (Å²) in [6.07, 6.45) is 2.14. The molecule has 2 N–H and O–H groups in total. The third kappa shape index (κ3) is 3.59. The van der Waals surface area contributed by atoms with E-state index in [0.29, 0.717) is 19.0 Å². The number of hydrogen-bond donors (Lipinski definition) is 1. The number of rotatable bonds is 5. The van der Waals surface area contributed by atoms with Gasteiger partial charge >= 0.3 is 0 Å². The number of sulfonamides is 1. The SMILES string of the molecule is CCN(CC1CC1)C(=O)c1cc(S(N)(=O)=O)cc(C)c1F. The maximum atomic E-state index is 14.2. The van der Waals surface area contributed by atoms with Gasteiger partial charge < -0.3 is 4.90 Å². The quantitative estimate of drug-likeness (QED) is 0.897. The van der Waals surface area contributed by atoms with Crippen LogP contribution in [0, 0.1) is 18.7 Å². The van der Waals surface area contributed by atoms with E-state index in [-0.39, 0.29) is 16.0 Å². The van der Waals surface area contributed by atoms with Gasteiger partial charge in [0.05, 0.1) is 10.5 Å². The molecule has 2 rings (SSSR count). The minimum Gasteiger partial charge on any atom is -0.339 e. The van der Waals surface area contributed by atoms with Crippen molar-refractivity contribution in [2.75, 3.05) is 13.1 Å². The molecule has 1 saturated carbocycles. The van der Waals surface area contributed by atoms with Gasteiger partial charge in [-0.15, -0.1) is 0 Å². The molecule has 1 aliphatic carbocycles. The van der Waals surface area contributed by atoms with Gasteiger partial charge in [-0.3, -0.25) is 4.79 Å². The van der Waals surface area contributed by atoms with Crippen LogP contribution in [0.2, 0.25) is 0 Å². The number of halogens is 1. The fourth-order valence-electron chi connectivity index (χ4n) is 2.19. The van der Waals surface area contributed by atoms with E-state index < -0.39 is 21.7 Å². The van der Waals surface area contributed by atoms with E-state index in [0.717, 1.165) is 25.0 Å². The number of nitrogens with zero attached hydrogens (tertiary/aromatic N) is 1. The molecule has 116 valence electrons. The lowest BCUT2D eigenvalue weighted by Crippen LogP contribution is -2.33. The molecule has 1 aliphatic rings. The first-order chi connectivity index (χ1) is 9.74. The number of amides is 1. The molecule has 0 aromatic heterocycles. The Morgan fingerprint density at radius 2 is 2.05 bits per heavy atom. The third-order valence-electron chi connectivity index (χ3n) is 3.63. The van der Waals surface area contributed by atoms with E-state index in [1.807, 2.05) is 6.92 Å². The van der Waals surface area contributed by atoms with Crippen LogP contribution in [0.4, 0.5) is 4.39 Å². The van der Waals surface area contributed by atoms with Gasteiger partial charge in [0.15, 0.2) is 0 Å². The summed E-state index contributed by atoms with van der Waals surface area (Å²) in [7, 11) is -3.98. The molecule has 0 aliphatic heterocycles. The van der Waals surface area contributed by atoms with Gasteiger partial charge in [-0.2, -0.15) is 0 Å². The molecule has 5 nitrogen and oxygen atoms in total. The average Bonchev–Trinajstić information content (AvgIpc) is 3.21. The van der Waals surface area contributed by atoms with E-state index in [4.69, 9.17) is 5.14 Å². The van der Waals surface area contributed by atoms with Gasteiger partial charge in [0.25, 0.3) is 5.91 Å². The molecule has 7 heteroatoms. The first-order valence-electron chi connectivity index (χ1n) is 6.86. The van der Waals surface area contributed by atoms with Crippen molar-refractivity contribution in [3.05, 3.63) is 29.1 Å². The third-order valence-corrected chi connectivity index (χ3v) is 4.52. The van der Waals surface area contributed by atoms with Crippen molar-refractivity contribution in [2.45, 2.75) is 31.6 Å². The average molecular weight is 314 g/mol. The number of nitrogens with two attached hydrogens (primary N) is 1. The van der Waals surface area contributed by atoms with E-state index >= 15 is 0 Å². The summed E-state index contributed by atoms with van der Waals surface area (Å²) in [5, 5.41) is 5.07. The first-order valence-corrected chi connectivity index (χ1v) is 8.41. The van der Waals surface area contributed by atoms with Gasteiger partial charge in [0, 0.05) is 13.1 Å². The Bertz CT molecular complexity index is 669. The largest absolute Gasteiger partial charge is 0.339 e. The van der Waals surface area contributed by atoms with Crippen molar-refractivity contribution >= 4 is 15.9 Å². The normalized spacial score (nSPS) is 15.0. The first kappa shape index (κ1) is 15.9. The van der Waals surface area contributed by atoms with Gasteiger partial charge in [0.1, 0.15) is 5.82 Å². The highest BCUT2D eigenvalue weighted by Gasteiger charge is 2.28. The number of carbonyl (C=O) groups excluding carboxylic acids is 1. The zero-order valence-corrected chi connectivity index (χ0v) is 12.9. The number of benzene rings is 1. The van der Waals surface area contributed by atoms with Crippen LogP contribution < -0.4 is 5.14 Å². The molecular weight excluding hydrogens is 295 g/mol. The summed E-state index contributed by atoms with van der Waals surface area (Å²) < 4.78 is 37.0. The van der Waals surface area contributed by atoms with E-state index in [1.54, 1.807) is 4.90 Å². The van der Waals surface area contributed by atoms with Crippen LogP contribution in [-0.2, 0) is 10.0 Å². The molecule has 1 aromatic carbocycles. The Morgan fingerprint density at radius 3 is 2.52 bits per heavy atom. The summed E-state index contributed by atoms with van der Waals surface area (Å²) in [4.78, 5) is 13.7. The predicted octanol–water partition coefficient (Wildman–Crippen LogP) is 1.65. The molecule has 1 aromatic rings. The predicted molar refractivity (Wildman–Crippen MR) is 76.8 cm³/mol. The maximum absolute atomic E-state index is 14.2. The van der Waals surface area contributed by atoms with Crippen LogP contribution in [0.25, 0.3) is 0 Å². The van der Waals surface area contributed by atoms with Crippen LogP contribution in [-0.4, -0.2) is 32.3 Å². The van der Waals surface area contributed by atoms with Crippen LogP contribution in [0.1, 0.15) is 35.7 Å². The molecule has 0 spiro atoms. The molecule has 0 bridgehead atoms. The van der Waals surface area contributed by atoms with Crippen molar-refractivity contribution < 1.29 is 17.6 Å². The van der Waals surface area contributed by atoms with Crippen LogP contribution >= 0.6 is 0 Å². The highest BCUT2D eigenvalue weighted by Crippen LogP contribution is 2.30. The van der Waals surface area contributed by atoms with Gasteiger partial charge in [-0.1, -0.05) is 0 Å². The molecule has 0 heterocycles. The van der Waals surface area contributed by atoms with E-state index in [2.05, 4.69) is 0 Å². The number of hydrogen-bond acceptors (Lipinski definition) is 3. The summed E-state index contributed by atoms with van der Waals surface area (Å²) in [5.74, 6) is -0.711. The lowest BCUT2D eigenvalue weighted by Gasteiger charge is -2.21. The van der Waals surface area contributed by atoms with Crippen LogP contribution in [0.5, 0.6) is 0 Å². The van der Waals surface area contributed by atoms with Gasteiger partial charge in [-0.25, -0.2) is 17.9 Å². The Morgan fingerprint density at radius 1 is 1.43 bits per heavy atom. The Balaban J connectivity index is 2.41. The second-order valence-corrected chi connectivity index (χ2v) is 7.00. The monoisotopic (exact) mass is 314 g/mol. The summed E-state index contributed by atoms with van der Waals surface area (Å²) in [6.45, 7) is 4.26. The van der Waals surface area contributed by atoms with Crippen molar-refractivity contribution in [1.82, 2.24) is 4.90 Å². The molecule has 1 amide bonds. The molecule has 0 saturated heterocycles. The lowest BCUT2D eigenvalue weighted by molar-refractivity contribution is 0.0751. The minimum absolute atomic E-state index is 0.0901. The minimum atomic E-state index is -3.98. The summed E-state index contributed by atoms with van der Waals surface area (Å²) >= 11 is 0. The zero-order chi connectivity index (χ0) is 15.8. The summed E-state index contributed by atoms with van der Waals surface area (Å²) in [6, 6.07) is 2.16. The number of carbonyl (C=O) groups is 1. The fraction of sp³-hybridized carbons (Fsp3) is 0.500. The Labute approximate surface area is 124 Å². The van der Waals surface area contributed by atoms with Crippen LogP contribution in [0.3, 0.4) is 0 Å². The van der Waals surface area contributed by atoms with E-state index in [9.17, 15) is 17.6 Å². The van der Waals surface area contributed by atoms with Crippen molar-refractivity contribution in [3.63, 3.8) is 0 Å². The molecule has 0 atom stereocenters. The zero-order valence-electron chi connectivity index (χ0n) is 12.1. The van der Waals surface area contributed by atoms with E-state index in [1.165, 1.54) is 6.92 Å². The molecule has 1 fully saturated rings. The molecule has 0 radical (unpaired) electrons. The summed E-state index contributed by atoms with van der Waals surface area (Å²) in [5.41, 5.74) is -0.145. The highest BCUT2D eigenvalue weighted by molar-refractivity contribution is 7.89. The second-order valence-electron chi connectivity index (χ2n) is 5.43. The van der Waals surface area contributed by atoms with Gasteiger partial charge in [-0.05, 0) is 50.3 Å². The topological polar surface area (TPSA) is 80.5 Å². The lowest BCUT2D eigenvalue weighted by atomic mass is 10.1. The number of primary sulfonamides is 1.